The van der Waals surface area contributed by atoms with Crippen molar-refractivity contribution >= 4 is 17.6 Å². The molecule has 0 unspecified atom stereocenters. The average Bonchev–Trinajstić information content (AvgIpc) is 3.14. The van der Waals surface area contributed by atoms with Gasteiger partial charge in [-0.05, 0) is 49.4 Å². The Balaban J connectivity index is 1.89. The van der Waals surface area contributed by atoms with Crippen LogP contribution in [-0.4, -0.2) is 23.6 Å². The normalized spacial score (nSPS) is 13.6. The molecule has 2 aromatic carbocycles. The second-order valence-corrected chi connectivity index (χ2v) is 6.08. The maximum absolute atomic E-state index is 12.6. The molecule has 1 aliphatic carbocycles. The highest BCUT2D eigenvalue weighted by Gasteiger charge is 2.25. The molecule has 2 aromatic rings. The first-order chi connectivity index (χ1) is 12.6. The van der Waals surface area contributed by atoms with Crippen LogP contribution in [-0.2, 0) is 9.59 Å². The fraction of sp³-hybridized carbons (Fsp3) is 0.238. The van der Waals surface area contributed by atoms with Crippen LogP contribution in [0.15, 0.2) is 59.7 Å². The summed E-state index contributed by atoms with van der Waals surface area (Å²) in [6, 6.07) is 15.5. The summed E-state index contributed by atoms with van der Waals surface area (Å²) in [5.41, 5.74) is 3.14. The third-order valence-electron chi connectivity index (χ3n) is 4.39. The van der Waals surface area contributed by atoms with Gasteiger partial charge in [-0.15, -0.1) is 0 Å². The summed E-state index contributed by atoms with van der Waals surface area (Å²) >= 11 is 0. The van der Waals surface area contributed by atoms with Crippen LogP contribution in [0.3, 0.4) is 0 Å². The Morgan fingerprint density at radius 1 is 1.04 bits per heavy atom. The first-order valence-corrected chi connectivity index (χ1v) is 8.69. The van der Waals surface area contributed by atoms with Crippen molar-refractivity contribution in [1.29, 1.82) is 0 Å². The fourth-order valence-corrected chi connectivity index (χ4v) is 3.14. The number of rotatable bonds is 6. The molecule has 0 atom stereocenters. The van der Waals surface area contributed by atoms with E-state index in [1.54, 1.807) is 6.07 Å². The van der Waals surface area contributed by atoms with Crippen LogP contribution in [0.4, 0.5) is 5.69 Å². The number of aliphatic carboxylic acids is 1. The smallest absolute Gasteiger partial charge is 0.332 e. The van der Waals surface area contributed by atoms with Gasteiger partial charge in [0.1, 0.15) is 5.75 Å². The van der Waals surface area contributed by atoms with Crippen LogP contribution >= 0.6 is 0 Å². The lowest BCUT2D eigenvalue weighted by Gasteiger charge is -2.14. The van der Waals surface area contributed by atoms with E-state index < -0.39 is 5.97 Å². The van der Waals surface area contributed by atoms with Gasteiger partial charge in [0, 0.05) is 11.1 Å². The van der Waals surface area contributed by atoms with Gasteiger partial charge in [-0.3, -0.25) is 4.79 Å². The highest BCUT2D eigenvalue weighted by molar-refractivity contribution is 6.09. The summed E-state index contributed by atoms with van der Waals surface area (Å²) < 4.78 is 5.69. The maximum atomic E-state index is 12.6. The number of benzene rings is 2. The van der Waals surface area contributed by atoms with Crippen LogP contribution < -0.4 is 10.1 Å². The van der Waals surface area contributed by atoms with E-state index in [1.165, 1.54) is 0 Å². The second kappa shape index (κ2) is 7.87. The van der Waals surface area contributed by atoms with Crippen LogP contribution in [0.1, 0.15) is 26.2 Å². The van der Waals surface area contributed by atoms with E-state index in [1.807, 2.05) is 49.4 Å². The van der Waals surface area contributed by atoms with E-state index in [4.69, 9.17) is 4.74 Å². The number of hydrogen-bond donors (Lipinski definition) is 2. The number of carbonyl (C=O) groups excluding carboxylic acids is 1. The molecule has 134 valence electrons. The van der Waals surface area contributed by atoms with Crippen LogP contribution in [0.5, 0.6) is 5.75 Å². The first kappa shape index (κ1) is 17.7. The largest absolute Gasteiger partial charge is 0.492 e. The molecular weight excluding hydrogens is 330 g/mol. The van der Waals surface area contributed by atoms with Gasteiger partial charge >= 0.3 is 5.97 Å². The fourth-order valence-electron chi connectivity index (χ4n) is 3.14. The summed E-state index contributed by atoms with van der Waals surface area (Å²) in [6.07, 6.45) is 1.61. The van der Waals surface area contributed by atoms with Gasteiger partial charge in [0.2, 0.25) is 0 Å². The Hall–Kier alpha value is -3.08. The molecule has 0 aromatic heterocycles. The molecule has 1 amide bonds. The van der Waals surface area contributed by atoms with E-state index in [2.05, 4.69) is 5.32 Å². The molecule has 0 bridgehead atoms. The monoisotopic (exact) mass is 351 g/mol. The highest BCUT2D eigenvalue weighted by atomic mass is 16.5. The topological polar surface area (TPSA) is 75.6 Å². The molecule has 0 spiro atoms. The molecule has 0 fully saturated rings. The van der Waals surface area contributed by atoms with Crippen LogP contribution in [0.2, 0.25) is 0 Å². The van der Waals surface area contributed by atoms with Crippen molar-refractivity contribution < 1.29 is 19.4 Å². The third-order valence-corrected chi connectivity index (χ3v) is 4.39. The van der Waals surface area contributed by atoms with Gasteiger partial charge < -0.3 is 15.2 Å². The van der Waals surface area contributed by atoms with E-state index in [9.17, 15) is 14.7 Å². The average molecular weight is 351 g/mol. The van der Waals surface area contributed by atoms with Crippen molar-refractivity contribution in [3.8, 4) is 16.9 Å². The van der Waals surface area contributed by atoms with Crippen molar-refractivity contribution in [2.45, 2.75) is 26.2 Å². The number of anilines is 1. The molecule has 3 rings (SSSR count). The first-order valence-electron chi connectivity index (χ1n) is 8.69. The molecule has 5 heteroatoms. The Morgan fingerprint density at radius 3 is 2.46 bits per heavy atom. The van der Waals surface area contributed by atoms with Crippen molar-refractivity contribution in [3.05, 3.63) is 59.7 Å². The summed E-state index contributed by atoms with van der Waals surface area (Å²) in [5, 5.41) is 12.1. The van der Waals surface area contributed by atoms with E-state index >= 15 is 0 Å². The summed E-state index contributed by atoms with van der Waals surface area (Å²) in [5.74, 6) is -0.817. The zero-order valence-electron chi connectivity index (χ0n) is 14.6. The molecule has 0 aliphatic heterocycles. The number of ether oxygens (including phenoxy) is 1. The number of carboxylic acid groups (broad SMARTS) is 1. The van der Waals surface area contributed by atoms with Crippen molar-refractivity contribution in [2.24, 2.45) is 0 Å². The van der Waals surface area contributed by atoms with Crippen molar-refractivity contribution in [1.82, 2.24) is 0 Å². The Labute approximate surface area is 152 Å². The van der Waals surface area contributed by atoms with E-state index in [0.29, 0.717) is 42.9 Å². The van der Waals surface area contributed by atoms with E-state index in [0.717, 1.165) is 11.1 Å². The van der Waals surface area contributed by atoms with Crippen LogP contribution in [0.25, 0.3) is 11.1 Å². The maximum Gasteiger partial charge on any atom is 0.332 e. The van der Waals surface area contributed by atoms with Gasteiger partial charge in [0.25, 0.3) is 5.91 Å². The van der Waals surface area contributed by atoms with Crippen molar-refractivity contribution in [3.63, 3.8) is 0 Å². The standard InChI is InChI=1S/C21H21NO4/c1-2-26-19-13-15(14-7-4-3-5-8-14)11-12-18(19)22-20(23)16-9-6-10-17(16)21(24)25/h3-5,7-8,11-13H,2,6,9-10H2,1H3,(H,22,23)(H,24,25). The van der Waals surface area contributed by atoms with Gasteiger partial charge in [0.15, 0.2) is 0 Å². The number of nitrogens with one attached hydrogen (secondary N) is 1. The lowest BCUT2D eigenvalue weighted by molar-refractivity contribution is -0.133. The summed E-state index contributed by atoms with van der Waals surface area (Å²) in [4.78, 5) is 23.8. The SMILES string of the molecule is CCOc1cc(-c2ccccc2)ccc1NC(=O)C1=C(C(=O)O)CCC1. The predicted molar refractivity (Wildman–Crippen MR) is 100 cm³/mol. The molecule has 0 saturated heterocycles. The molecule has 0 saturated carbocycles. The zero-order chi connectivity index (χ0) is 18.5. The molecule has 26 heavy (non-hydrogen) atoms. The van der Waals surface area contributed by atoms with Gasteiger partial charge in [-0.1, -0.05) is 36.4 Å². The Kier molecular flexibility index (Phi) is 5.37. The zero-order valence-corrected chi connectivity index (χ0v) is 14.6. The molecule has 0 heterocycles. The summed E-state index contributed by atoms with van der Waals surface area (Å²) in [6.45, 7) is 2.34. The number of hydrogen-bond acceptors (Lipinski definition) is 3. The number of carbonyl (C=O) groups is 2. The van der Waals surface area contributed by atoms with E-state index in [-0.39, 0.29) is 11.5 Å². The van der Waals surface area contributed by atoms with Crippen LogP contribution in [0, 0.1) is 0 Å². The third kappa shape index (κ3) is 3.77. The molecule has 1 aliphatic rings. The number of amides is 1. The summed E-state index contributed by atoms with van der Waals surface area (Å²) in [7, 11) is 0. The lowest BCUT2D eigenvalue weighted by Crippen LogP contribution is -2.17. The highest BCUT2D eigenvalue weighted by Crippen LogP contribution is 2.33. The van der Waals surface area contributed by atoms with Gasteiger partial charge in [-0.2, -0.15) is 0 Å². The minimum atomic E-state index is -1.02. The molecular formula is C21H21NO4. The van der Waals surface area contributed by atoms with Gasteiger partial charge in [-0.25, -0.2) is 4.79 Å². The molecule has 2 N–H and O–H groups in total. The minimum Gasteiger partial charge on any atom is -0.492 e. The minimum absolute atomic E-state index is 0.210. The number of carboxylic acids is 1. The Morgan fingerprint density at radius 2 is 1.77 bits per heavy atom. The molecule has 5 nitrogen and oxygen atoms in total. The van der Waals surface area contributed by atoms with Gasteiger partial charge in [0.05, 0.1) is 12.3 Å². The predicted octanol–water partition coefficient (Wildman–Crippen LogP) is 4.26. The second-order valence-electron chi connectivity index (χ2n) is 6.08. The Bertz CT molecular complexity index is 856. The molecule has 0 radical (unpaired) electrons. The quantitative estimate of drug-likeness (QED) is 0.815. The lowest BCUT2D eigenvalue weighted by atomic mass is 10.0. The van der Waals surface area contributed by atoms with Crippen molar-refractivity contribution in [2.75, 3.05) is 11.9 Å².